The van der Waals surface area contributed by atoms with E-state index in [-0.39, 0.29) is 0 Å². The molecular weight excluding hydrogens is 328 g/mol. The van der Waals surface area contributed by atoms with Crippen LogP contribution in [-0.4, -0.2) is 24.2 Å². The molecule has 0 radical (unpaired) electrons. The Morgan fingerprint density at radius 2 is 1.73 bits per heavy atom. The molecule has 3 rings (SSSR count). The van der Waals surface area contributed by atoms with E-state index in [1.54, 1.807) is 20.4 Å². The SMILES string of the molecule is COc1ccc(OC)c(Nc2nccc(Nc3cccc(C)c3C)n2)c1. The number of aryl methyl sites for hydroxylation is 1. The van der Waals surface area contributed by atoms with Crippen LogP contribution < -0.4 is 20.1 Å². The lowest BCUT2D eigenvalue weighted by molar-refractivity contribution is 0.405. The molecule has 0 saturated heterocycles. The highest BCUT2D eigenvalue weighted by molar-refractivity contribution is 5.67. The van der Waals surface area contributed by atoms with E-state index in [2.05, 4.69) is 40.5 Å². The molecule has 2 N–H and O–H groups in total. The number of ether oxygens (including phenoxy) is 2. The van der Waals surface area contributed by atoms with Crippen LogP contribution >= 0.6 is 0 Å². The summed E-state index contributed by atoms with van der Waals surface area (Å²) in [6.07, 6.45) is 1.70. The maximum Gasteiger partial charge on any atom is 0.229 e. The summed E-state index contributed by atoms with van der Waals surface area (Å²) in [7, 11) is 3.24. The third-order valence-electron chi connectivity index (χ3n) is 4.18. The number of anilines is 4. The van der Waals surface area contributed by atoms with Gasteiger partial charge in [0.2, 0.25) is 5.95 Å². The lowest BCUT2D eigenvalue weighted by atomic mass is 10.1. The number of methoxy groups -OCH3 is 2. The molecule has 2 aromatic carbocycles. The molecule has 0 spiro atoms. The van der Waals surface area contributed by atoms with Gasteiger partial charge >= 0.3 is 0 Å². The Bertz CT molecular complexity index is 912. The standard InChI is InChI=1S/C20H22N4O2/c1-13-6-5-7-16(14(13)2)22-19-10-11-21-20(24-19)23-17-12-15(25-3)8-9-18(17)26-4/h5-12H,1-4H3,(H2,21,22,23,24). The summed E-state index contributed by atoms with van der Waals surface area (Å²) in [6.45, 7) is 4.17. The smallest absolute Gasteiger partial charge is 0.229 e. The zero-order valence-corrected chi connectivity index (χ0v) is 15.3. The van der Waals surface area contributed by atoms with Crippen LogP contribution in [0, 0.1) is 13.8 Å². The van der Waals surface area contributed by atoms with Gasteiger partial charge < -0.3 is 20.1 Å². The number of hydrogen-bond acceptors (Lipinski definition) is 6. The molecule has 0 saturated carbocycles. The topological polar surface area (TPSA) is 68.3 Å². The molecule has 134 valence electrons. The van der Waals surface area contributed by atoms with E-state index in [4.69, 9.17) is 9.47 Å². The van der Waals surface area contributed by atoms with Crippen LogP contribution in [0.25, 0.3) is 0 Å². The fourth-order valence-corrected chi connectivity index (χ4v) is 2.55. The molecule has 0 aliphatic carbocycles. The molecule has 0 atom stereocenters. The van der Waals surface area contributed by atoms with Crippen LogP contribution in [0.4, 0.5) is 23.1 Å². The van der Waals surface area contributed by atoms with Crippen LogP contribution in [0.3, 0.4) is 0 Å². The molecule has 6 nitrogen and oxygen atoms in total. The Labute approximate surface area is 153 Å². The second-order valence-electron chi connectivity index (χ2n) is 5.83. The Balaban J connectivity index is 1.85. The maximum absolute atomic E-state index is 5.38. The average Bonchev–Trinajstić information content (AvgIpc) is 2.66. The summed E-state index contributed by atoms with van der Waals surface area (Å²) in [5.74, 6) is 2.57. The van der Waals surface area contributed by atoms with E-state index in [0.29, 0.717) is 17.5 Å². The van der Waals surface area contributed by atoms with Crippen molar-refractivity contribution in [2.75, 3.05) is 24.9 Å². The molecular formula is C20H22N4O2. The predicted molar refractivity (Wildman–Crippen MR) is 104 cm³/mol. The van der Waals surface area contributed by atoms with Gasteiger partial charge in [-0.1, -0.05) is 12.1 Å². The van der Waals surface area contributed by atoms with Crippen LogP contribution in [0.15, 0.2) is 48.7 Å². The minimum atomic E-state index is 0.465. The largest absolute Gasteiger partial charge is 0.497 e. The number of nitrogens with one attached hydrogen (secondary N) is 2. The lowest BCUT2D eigenvalue weighted by Gasteiger charge is -2.13. The van der Waals surface area contributed by atoms with E-state index in [1.807, 2.05) is 36.4 Å². The first-order valence-corrected chi connectivity index (χ1v) is 8.26. The first-order valence-electron chi connectivity index (χ1n) is 8.26. The quantitative estimate of drug-likeness (QED) is 0.677. The Kier molecular flexibility index (Phi) is 5.22. The molecule has 0 bridgehead atoms. The highest BCUT2D eigenvalue weighted by atomic mass is 16.5. The Morgan fingerprint density at radius 1 is 0.885 bits per heavy atom. The van der Waals surface area contributed by atoms with E-state index in [0.717, 1.165) is 17.1 Å². The third kappa shape index (κ3) is 3.85. The van der Waals surface area contributed by atoms with Crippen molar-refractivity contribution in [3.05, 3.63) is 59.8 Å². The molecule has 0 aliphatic heterocycles. The van der Waals surface area contributed by atoms with Crippen molar-refractivity contribution in [3.8, 4) is 11.5 Å². The summed E-state index contributed by atoms with van der Waals surface area (Å²) < 4.78 is 10.7. The van der Waals surface area contributed by atoms with Gasteiger partial charge in [0.05, 0.1) is 19.9 Å². The maximum atomic E-state index is 5.38. The molecule has 26 heavy (non-hydrogen) atoms. The van der Waals surface area contributed by atoms with Gasteiger partial charge in [-0.2, -0.15) is 4.98 Å². The Morgan fingerprint density at radius 3 is 2.50 bits per heavy atom. The van der Waals surface area contributed by atoms with E-state index < -0.39 is 0 Å². The van der Waals surface area contributed by atoms with Gasteiger partial charge in [0, 0.05) is 18.0 Å². The van der Waals surface area contributed by atoms with Gasteiger partial charge in [0.15, 0.2) is 0 Å². The van der Waals surface area contributed by atoms with Crippen LogP contribution in [0.5, 0.6) is 11.5 Å². The number of hydrogen-bond donors (Lipinski definition) is 2. The van der Waals surface area contributed by atoms with Crippen LogP contribution in [0.1, 0.15) is 11.1 Å². The van der Waals surface area contributed by atoms with E-state index in [1.165, 1.54) is 11.1 Å². The minimum Gasteiger partial charge on any atom is -0.497 e. The number of rotatable bonds is 6. The normalized spacial score (nSPS) is 10.3. The monoisotopic (exact) mass is 350 g/mol. The predicted octanol–water partition coefficient (Wildman–Crippen LogP) is 4.60. The fourth-order valence-electron chi connectivity index (χ4n) is 2.55. The highest BCUT2D eigenvalue weighted by Gasteiger charge is 2.08. The molecule has 0 aliphatic rings. The molecule has 6 heteroatoms. The highest BCUT2D eigenvalue weighted by Crippen LogP contribution is 2.31. The van der Waals surface area contributed by atoms with Crippen molar-refractivity contribution in [1.29, 1.82) is 0 Å². The summed E-state index contributed by atoms with van der Waals surface area (Å²) in [4.78, 5) is 8.82. The average molecular weight is 350 g/mol. The van der Waals surface area contributed by atoms with E-state index >= 15 is 0 Å². The molecule has 1 heterocycles. The van der Waals surface area contributed by atoms with Crippen LogP contribution in [0.2, 0.25) is 0 Å². The lowest BCUT2D eigenvalue weighted by Crippen LogP contribution is -2.02. The number of aromatic nitrogens is 2. The van der Waals surface area contributed by atoms with Crippen molar-refractivity contribution in [2.45, 2.75) is 13.8 Å². The summed E-state index contributed by atoms with van der Waals surface area (Å²) in [5, 5.41) is 6.53. The summed E-state index contributed by atoms with van der Waals surface area (Å²) in [5.41, 5.74) is 4.17. The second-order valence-corrected chi connectivity index (χ2v) is 5.83. The van der Waals surface area contributed by atoms with Gasteiger partial charge in [-0.3, -0.25) is 0 Å². The Hall–Kier alpha value is -3.28. The van der Waals surface area contributed by atoms with Crippen molar-refractivity contribution >= 4 is 23.1 Å². The first-order chi connectivity index (χ1) is 12.6. The van der Waals surface area contributed by atoms with Crippen molar-refractivity contribution < 1.29 is 9.47 Å². The molecule has 0 amide bonds. The van der Waals surface area contributed by atoms with Gasteiger partial charge in [-0.05, 0) is 49.2 Å². The van der Waals surface area contributed by atoms with Crippen molar-refractivity contribution in [1.82, 2.24) is 9.97 Å². The van der Waals surface area contributed by atoms with Crippen LogP contribution in [-0.2, 0) is 0 Å². The van der Waals surface area contributed by atoms with Crippen molar-refractivity contribution in [3.63, 3.8) is 0 Å². The zero-order chi connectivity index (χ0) is 18.5. The third-order valence-corrected chi connectivity index (χ3v) is 4.18. The molecule has 0 fully saturated rings. The molecule has 3 aromatic rings. The molecule has 0 unspecified atom stereocenters. The van der Waals surface area contributed by atoms with Gasteiger partial charge in [0.25, 0.3) is 0 Å². The first kappa shape index (κ1) is 17.5. The summed E-state index contributed by atoms with van der Waals surface area (Å²) in [6, 6.07) is 13.5. The number of nitrogens with zero attached hydrogens (tertiary/aromatic N) is 2. The van der Waals surface area contributed by atoms with Gasteiger partial charge in [0.1, 0.15) is 17.3 Å². The number of benzene rings is 2. The summed E-state index contributed by atoms with van der Waals surface area (Å²) >= 11 is 0. The van der Waals surface area contributed by atoms with Crippen molar-refractivity contribution in [2.24, 2.45) is 0 Å². The fraction of sp³-hybridized carbons (Fsp3) is 0.200. The van der Waals surface area contributed by atoms with Gasteiger partial charge in [-0.25, -0.2) is 4.98 Å². The molecule has 1 aromatic heterocycles. The minimum absolute atomic E-state index is 0.465. The van der Waals surface area contributed by atoms with Gasteiger partial charge in [-0.15, -0.1) is 0 Å². The van der Waals surface area contributed by atoms with E-state index in [9.17, 15) is 0 Å². The second kappa shape index (κ2) is 7.74. The zero-order valence-electron chi connectivity index (χ0n) is 15.3.